The summed E-state index contributed by atoms with van der Waals surface area (Å²) in [5, 5.41) is 0. The molecule has 0 saturated heterocycles. The second-order valence-corrected chi connectivity index (χ2v) is 4.13. The predicted octanol–water partition coefficient (Wildman–Crippen LogP) is 3.57. The van der Waals surface area contributed by atoms with Crippen molar-refractivity contribution in [2.24, 2.45) is 0 Å². The van der Waals surface area contributed by atoms with Crippen LogP contribution >= 0.6 is 28.1 Å². The Balaban J connectivity index is 2.56. The molecule has 0 amide bonds. The topological polar surface area (TPSA) is 28.7 Å². The van der Waals surface area contributed by atoms with E-state index in [0.717, 1.165) is 15.6 Å². The smallest absolute Gasteiger partial charge is 0.113 e. The van der Waals surface area contributed by atoms with Crippen LogP contribution in [0, 0.1) is 4.64 Å². The van der Waals surface area contributed by atoms with Crippen LogP contribution in [0.2, 0.25) is 0 Å². The van der Waals surface area contributed by atoms with E-state index in [1.165, 1.54) is 0 Å². The summed E-state index contributed by atoms with van der Waals surface area (Å²) in [5.41, 5.74) is 2.03. The minimum Gasteiger partial charge on any atom is -0.337 e. The molecule has 0 atom stereocenters. The van der Waals surface area contributed by atoms with Gasteiger partial charge in [-0.25, -0.2) is 4.98 Å². The van der Waals surface area contributed by atoms with Crippen molar-refractivity contribution in [1.29, 1.82) is 0 Å². The molecule has 0 spiro atoms. The maximum Gasteiger partial charge on any atom is 0.113 e. The van der Waals surface area contributed by atoms with Crippen LogP contribution in [0.25, 0.3) is 11.1 Å². The first-order chi connectivity index (χ1) is 6.77. The van der Waals surface area contributed by atoms with E-state index in [0.29, 0.717) is 4.64 Å². The van der Waals surface area contributed by atoms with Gasteiger partial charge in [0.15, 0.2) is 0 Å². The molecule has 1 aromatic heterocycles. The molecule has 1 aromatic carbocycles. The number of aromatic amines is 1. The molecule has 1 heterocycles. The van der Waals surface area contributed by atoms with Crippen molar-refractivity contribution in [3.05, 3.63) is 45.9 Å². The third-order valence-corrected chi connectivity index (χ3v) is 2.74. The van der Waals surface area contributed by atoms with Crippen molar-refractivity contribution in [1.82, 2.24) is 9.97 Å². The highest BCUT2D eigenvalue weighted by Crippen LogP contribution is 2.20. The number of nitrogens with one attached hydrogen (secondary N) is 1. The van der Waals surface area contributed by atoms with Crippen LogP contribution in [0.3, 0.4) is 0 Å². The Morgan fingerprint density at radius 2 is 1.93 bits per heavy atom. The Bertz CT molecular complexity index is 490. The minimum atomic E-state index is 0.710. The van der Waals surface area contributed by atoms with Gasteiger partial charge in [-0.2, -0.15) is 0 Å². The van der Waals surface area contributed by atoms with E-state index >= 15 is 0 Å². The van der Waals surface area contributed by atoms with Crippen LogP contribution in [0.5, 0.6) is 0 Å². The Hall–Kier alpha value is -1.00. The van der Waals surface area contributed by atoms with Gasteiger partial charge in [0.2, 0.25) is 0 Å². The van der Waals surface area contributed by atoms with Gasteiger partial charge in [0.05, 0.1) is 6.33 Å². The van der Waals surface area contributed by atoms with E-state index in [4.69, 9.17) is 12.2 Å². The third-order valence-electron chi connectivity index (χ3n) is 1.87. The number of nitrogens with zero attached hydrogens (tertiary/aromatic N) is 1. The second kappa shape index (κ2) is 4.02. The number of aromatic nitrogens is 2. The van der Waals surface area contributed by atoms with Gasteiger partial charge in [-0.1, -0.05) is 40.3 Å². The fraction of sp³-hybridized carbons (Fsp3) is 0. The largest absolute Gasteiger partial charge is 0.337 e. The van der Waals surface area contributed by atoms with E-state index in [2.05, 4.69) is 25.9 Å². The Morgan fingerprint density at radius 1 is 1.21 bits per heavy atom. The number of hydrogen-bond donors (Lipinski definition) is 1. The van der Waals surface area contributed by atoms with Gasteiger partial charge in [-0.15, -0.1) is 0 Å². The molecule has 4 heteroatoms. The lowest BCUT2D eigenvalue weighted by atomic mass is 10.1. The second-order valence-electron chi connectivity index (χ2n) is 2.80. The molecule has 0 bridgehead atoms. The van der Waals surface area contributed by atoms with Gasteiger partial charge >= 0.3 is 0 Å². The van der Waals surface area contributed by atoms with Crippen LogP contribution < -0.4 is 0 Å². The van der Waals surface area contributed by atoms with Crippen molar-refractivity contribution in [2.75, 3.05) is 0 Å². The molecule has 0 saturated carbocycles. The number of rotatable bonds is 1. The highest BCUT2D eigenvalue weighted by molar-refractivity contribution is 9.10. The Labute approximate surface area is 95.2 Å². The summed E-state index contributed by atoms with van der Waals surface area (Å²) in [4.78, 5) is 6.92. The molecule has 0 aliphatic carbocycles. The lowest BCUT2D eigenvalue weighted by Gasteiger charge is -2.00. The van der Waals surface area contributed by atoms with E-state index in [9.17, 15) is 0 Å². The molecule has 0 aliphatic heterocycles. The minimum absolute atomic E-state index is 0.710. The van der Waals surface area contributed by atoms with E-state index in [1.807, 2.05) is 24.3 Å². The number of hydrogen-bond acceptors (Lipinski definition) is 2. The van der Waals surface area contributed by atoms with Crippen LogP contribution in [-0.2, 0) is 0 Å². The number of H-pyrrole nitrogens is 1. The molecule has 0 unspecified atom stereocenters. The Morgan fingerprint density at radius 3 is 2.57 bits per heavy atom. The fourth-order valence-electron chi connectivity index (χ4n) is 1.18. The monoisotopic (exact) mass is 266 g/mol. The molecular weight excluding hydrogens is 260 g/mol. The first kappa shape index (κ1) is 9.55. The quantitative estimate of drug-likeness (QED) is 0.800. The zero-order valence-corrected chi connectivity index (χ0v) is 9.60. The average Bonchev–Trinajstić information content (AvgIpc) is 2.20. The highest BCUT2D eigenvalue weighted by Gasteiger charge is 1.99. The normalized spacial score (nSPS) is 10.1. The molecule has 2 aromatic rings. The van der Waals surface area contributed by atoms with Gasteiger partial charge in [-0.3, -0.25) is 0 Å². The molecule has 1 N–H and O–H groups in total. The highest BCUT2D eigenvalue weighted by atomic mass is 79.9. The third kappa shape index (κ3) is 1.91. The van der Waals surface area contributed by atoms with Crippen molar-refractivity contribution in [3.63, 3.8) is 0 Å². The van der Waals surface area contributed by atoms with Crippen LogP contribution in [0.15, 0.2) is 41.3 Å². The standard InChI is InChI=1S/C10H7BrN2S/c11-8-3-1-7(2-4-8)9-5-12-6-13-10(9)14/h1-6H,(H,12,13,14). The van der Waals surface area contributed by atoms with Crippen molar-refractivity contribution < 1.29 is 0 Å². The fourth-order valence-corrected chi connectivity index (χ4v) is 1.67. The van der Waals surface area contributed by atoms with Crippen LogP contribution in [0.4, 0.5) is 0 Å². The summed E-state index contributed by atoms with van der Waals surface area (Å²) in [6.07, 6.45) is 3.35. The van der Waals surface area contributed by atoms with Crippen LogP contribution in [0.1, 0.15) is 0 Å². The van der Waals surface area contributed by atoms with Gasteiger partial charge in [0, 0.05) is 16.2 Å². The van der Waals surface area contributed by atoms with Gasteiger partial charge in [-0.05, 0) is 17.7 Å². The van der Waals surface area contributed by atoms with E-state index in [1.54, 1.807) is 12.5 Å². The average molecular weight is 267 g/mol. The summed E-state index contributed by atoms with van der Waals surface area (Å²) in [6.45, 7) is 0. The maximum absolute atomic E-state index is 5.16. The molecule has 2 nitrogen and oxygen atoms in total. The molecule has 70 valence electrons. The summed E-state index contributed by atoms with van der Waals surface area (Å²) in [6, 6.07) is 7.98. The summed E-state index contributed by atoms with van der Waals surface area (Å²) in [7, 11) is 0. The maximum atomic E-state index is 5.16. The molecule has 2 rings (SSSR count). The van der Waals surface area contributed by atoms with E-state index in [-0.39, 0.29) is 0 Å². The first-order valence-corrected chi connectivity index (χ1v) is 5.26. The predicted molar refractivity (Wildman–Crippen MR) is 62.6 cm³/mol. The summed E-state index contributed by atoms with van der Waals surface area (Å²) in [5.74, 6) is 0. The molecule has 0 aliphatic rings. The van der Waals surface area contributed by atoms with Gasteiger partial charge in [0.25, 0.3) is 0 Å². The lowest BCUT2D eigenvalue weighted by Crippen LogP contribution is -1.84. The van der Waals surface area contributed by atoms with Crippen molar-refractivity contribution in [2.45, 2.75) is 0 Å². The number of halogens is 1. The lowest BCUT2D eigenvalue weighted by molar-refractivity contribution is 1.15. The SMILES string of the molecule is S=c1[nH]cncc1-c1ccc(Br)cc1. The zero-order valence-electron chi connectivity index (χ0n) is 7.20. The van der Waals surface area contributed by atoms with Crippen molar-refractivity contribution in [3.8, 4) is 11.1 Å². The van der Waals surface area contributed by atoms with Crippen LogP contribution in [-0.4, -0.2) is 9.97 Å². The molecule has 0 fully saturated rings. The first-order valence-electron chi connectivity index (χ1n) is 4.06. The summed E-state index contributed by atoms with van der Waals surface area (Å²) >= 11 is 8.55. The molecular formula is C10H7BrN2S. The van der Waals surface area contributed by atoms with E-state index < -0.39 is 0 Å². The molecule has 14 heavy (non-hydrogen) atoms. The van der Waals surface area contributed by atoms with Crippen molar-refractivity contribution >= 4 is 28.1 Å². The Kier molecular flexibility index (Phi) is 2.74. The molecule has 0 radical (unpaired) electrons. The number of benzene rings is 1. The summed E-state index contributed by atoms with van der Waals surface area (Å²) < 4.78 is 1.77. The zero-order chi connectivity index (χ0) is 9.97. The van der Waals surface area contributed by atoms with Gasteiger partial charge in [0.1, 0.15) is 4.64 Å². The van der Waals surface area contributed by atoms with Gasteiger partial charge < -0.3 is 4.98 Å².